The van der Waals surface area contributed by atoms with Crippen molar-refractivity contribution in [1.29, 1.82) is 0 Å². The highest BCUT2D eigenvalue weighted by atomic mass is 16.5. The van der Waals surface area contributed by atoms with E-state index in [1.165, 1.54) is 6.07 Å². The Morgan fingerprint density at radius 1 is 0.814 bits per heavy atom. The Balaban J connectivity index is 1.49. The molecule has 43 heavy (non-hydrogen) atoms. The van der Waals surface area contributed by atoms with Crippen LogP contribution in [0.15, 0.2) is 101 Å². The molecular formula is C33H28N6O4. The molecule has 7 rings (SSSR count). The average Bonchev–Trinajstić information content (AvgIpc) is 3.37. The normalized spacial score (nSPS) is 15.0. The van der Waals surface area contributed by atoms with Crippen LogP contribution >= 0.6 is 0 Å². The number of aromatic hydroxyl groups is 2. The highest BCUT2D eigenvalue weighted by Gasteiger charge is 2.41. The first kappa shape index (κ1) is 26.1. The van der Waals surface area contributed by atoms with E-state index < -0.39 is 6.04 Å². The molecule has 0 saturated carbocycles. The molecule has 1 aromatic heterocycles. The molecule has 0 unspecified atom stereocenters. The molecule has 10 heteroatoms. The second-order valence-corrected chi connectivity index (χ2v) is 10.2. The van der Waals surface area contributed by atoms with Crippen molar-refractivity contribution in [3.63, 3.8) is 0 Å². The van der Waals surface area contributed by atoms with Crippen LogP contribution in [-0.4, -0.2) is 45.9 Å². The molecule has 0 aliphatic carbocycles. The molecule has 3 N–H and O–H groups in total. The number of aryl methyl sites for hydroxylation is 1. The number of hydrogen-bond donors (Lipinski definition) is 3. The number of nitrogens with zero attached hydrogens (tertiary/aromatic N) is 5. The second kappa shape index (κ2) is 10.3. The predicted molar refractivity (Wildman–Crippen MR) is 166 cm³/mol. The number of aliphatic imine (C=N–C) groups is 2. The van der Waals surface area contributed by atoms with Gasteiger partial charge in [-0.1, -0.05) is 36.4 Å². The lowest BCUT2D eigenvalue weighted by Crippen LogP contribution is -2.46. The third-order valence-corrected chi connectivity index (χ3v) is 7.62. The molecule has 1 atom stereocenters. The standard InChI is InChI=1S/C33H28N6O4/c1-19-29-30(20-13-16-26(40)27(41)17-20)38-25-12-8-7-11-23(25)34-31(35-24-15-14-22(42-2)18-28(24)43-3)33(38)36-32(29)39(37-19)21-9-5-4-6-10-21/h4-18,30,40-41H,1-3H3,(H,34,35)/t30-/m1/s1. The van der Waals surface area contributed by atoms with Crippen LogP contribution in [0.25, 0.3) is 5.69 Å². The summed E-state index contributed by atoms with van der Waals surface area (Å²) in [5, 5.41) is 29.1. The number of anilines is 2. The third kappa shape index (κ3) is 4.31. The third-order valence-electron chi connectivity index (χ3n) is 7.62. The number of phenols is 2. The summed E-state index contributed by atoms with van der Waals surface area (Å²) in [5.41, 5.74) is 5.52. The number of methoxy groups -OCH3 is 2. The number of amidine groups is 2. The van der Waals surface area contributed by atoms with Crippen LogP contribution in [0.3, 0.4) is 0 Å². The Morgan fingerprint density at radius 2 is 1.60 bits per heavy atom. The number of ether oxygens (including phenoxy) is 2. The number of phenolic OH excluding ortho intramolecular Hbond substituents is 2. The summed E-state index contributed by atoms with van der Waals surface area (Å²) in [5.74, 6) is 2.53. The molecule has 4 aromatic carbocycles. The zero-order valence-electron chi connectivity index (χ0n) is 23.7. The van der Waals surface area contributed by atoms with Gasteiger partial charge in [-0.3, -0.25) is 0 Å². The minimum Gasteiger partial charge on any atom is -0.504 e. The van der Waals surface area contributed by atoms with E-state index in [0.29, 0.717) is 34.7 Å². The van der Waals surface area contributed by atoms with Crippen molar-refractivity contribution in [2.45, 2.75) is 13.0 Å². The molecule has 0 amide bonds. The Bertz CT molecular complexity index is 1930. The van der Waals surface area contributed by atoms with Crippen LogP contribution in [0.1, 0.15) is 22.9 Å². The summed E-state index contributed by atoms with van der Waals surface area (Å²) < 4.78 is 12.9. The van der Waals surface area contributed by atoms with Gasteiger partial charge in [0.15, 0.2) is 29.0 Å². The van der Waals surface area contributed by atoms with Crippen molar-refractivity contribution in [3.8, 4) is 28.7 Å². The fourth-order valence-corrected chi connectivity index (χ4v) is 5.60. The first-order valence-corrected chi connectivity index (χ1v) is 13.7. The van der Waals surface area contributed by atoms with Gasteiger partial charge in [-0.15, -0.1) is 0 Å². The van der Waals surface area contributed by atoms with Crippen LogP contribution in [0.5, 0.6) is 23.0 Å². The lowest BCUT2D eigenvalue weighted by atomic mass is 9.93. The van der Waals surface area contributed by atoms with Gasteiger partial charge < -0.3 is 29.9 Å². The van der Waals surface area contributed by atoms with Gasteiger partial charge in [-0.2, -0.15) is 5.10 Å². The molecule has 0 bridgehead atoms. The minimum atomic E-state index is -0.460. The fourth-order valence-electron chi connectivity index (χ4n) is 5.60. The zero-order valence-corrected chi connectivity index (χ0v) is 23.7. The van der Waals surface area contributed by atoms with Crippen molar-refractivity contribution < 1.29 is 19.7 Å². The number of aromatic nitrogens is 2. The number of benzene rings is 4. The van der Waals surface area contributed by atoms with Crippen molar-refractivity contribution in [1.82, 2.24) is 9.78 Å². The maximum Gasteiger partial charge on any atom is 0.179 e. The summed E-state index contributed by atoms with van der Waals surface area (Å²) in [7, 11) is 3.21. The molecule has 0 radical (unpaired) electrons. The molecule has 5 aromatic rings. The van der Waals surface area contributed by atoms with E-state index in [1.807, 2.05) is 78.3 Å². The van der Waals surface area contributed by atoms with Gasteiger partial charge in [-0.25, -0.2) is 14.7 Å². The fraction of sp³-hybridized carbons (Fsp3) is 0.121. The zero-order chi connectivity index (χ0) is 29.7. The lowest BCUT2D eigenvalue weighted by molar-refractivity contribution is 0.395. The van der Waals surface area contributed by atoms with Crippen LogP contribution in [0.2, 0.25) is 0 Å². The summed E-state index contributed by atoms with van der Waals surface area (Å²) in [6, 6.07) is 27.6. The predicted octanol–water partition coefficient (Wildman–Crippen LogP) is 6.40. The van der Waals surface area contributed by atoms with Crippen LogP contribution in [-0.2, 0) is 0 Å². The van der Waals surface area contributed by atoms with Crippen molar-refractivity contribution >= 4 is 34.6 Å². The van der Waals surface area contributed by atoms with E-state index >= 15 is 0 Å². The molecular weight excluding hydrogens is 544 g/mol. The molecule has 3 heterocycles. The van der Waals surface area contributed by atoms with E-state index in [9.17, 15) is 10.2 Å². The average molecular weight is 573 g/mol. The first-order chi connectivity index (χ1) is 21.0. The molecule has 0 saturated heterocycles. The van der Waals surface area contributed by atoms with Crippen LogP contribution in [0.4, 0.5) is 22.9 Å². The van der Waals surface area contributed by atoms with Crippen LogP contribution < -0.4 is 19.7 Å². The summed E-state index contributed by atoms with van der Waals surface area (Å²) >= 11 is 0. The quantitative estimate of drug-likeness (QED) is 0.209. The number of fused-ring (bicyclic) bond motifs is 4. The Kier molecular flexibility index (Phi) is 6.23. The van der Waals surface area contributed by atoms with E-state index in [1.54, 1.807) is 32.4 Å². The monoisotopic (exact) mass is 572 g/mol. The van der Waals surface area contributed by atoms with Crippen molar-refractivity contribution in [2.75, 3.05) is 24.4 Å². The summed E-state index contributed by atoms with van der Waals surface area (Å²) in [6.07, 6.45) is 0. The van der Waals surface area contributed by atoms with Gasteiger partial charge >= 0.3 is 0 Å². The smallest absolute Gasteiger partial charge is 0.179 e. The minimum absolute atomic E-state index is 0.195. The summed E-state index contributed by atoms with van der Waals surface area (Å²) in [6.45, 7) is 1.96. The molecule has 10 nitrogen and oxygen atoms in total. The maximum atomic E-state index is 10.6. The van der Waals surface area contributed by atoms with Gasteiger partial charge in [0.05, 0.1) is 48.7 Å². The van der Waals surface area contributed by atoms with Gasteiger partial charge in [0, 0.05) is 11.6 Å². The first-order valence-electron chi connectivity index (χ1n) is 13.7. The molecule has 2 aliphatic rings. The van der Waals surface area contributed by atoms with Gasteiger partial charge in [0.1, 0.15) is 11.5 Å². The van der Waals surface area contributed by atoms with Gasteiger partial charge in [-0.05, 0) is 61.0 Å². The van der Waals surface area contributed by atoms with E-state index in [0.717, 1.165) is 33.9 Å². The Labute approximate surface area is 247 Å². The Morgan fingerprint density at radius 3 is 2.37 bits per heavy atom. The molecule has 0 spiro atoms. The van der Waals surface area contributed by atoms with Crippen molar-refractivity contribution in [3.05, 3.63) is 108 Å². The van der Waals surface area contributed by atoms with Gasteiger partial charge in [0.2, 0.25) is 0 Å². The topological polar surface area (TPSA) is 117 Å². The van der Waals surface area contributed by atoms with E-state index in [-0.39, 0.29) is 11.5 Å². The molecule has 2 aliphatic heterocycles. The highest BCUT2D eigenvalue weighted by molar-refractivity contribution is 6.51. The Hall–Kier alpha value is -5.77. The summed E-state index contributed by atoms with van der Waals surface area (Å²) in [4.78, 5) is 12.3. The van der Waals surface area contributed by atoms with Crippen molar-refractivity contribution in [2.24, 2.45) is 9.98 Å². The van der Waals surface area contributed by atoms with E-state index in [2.05, 4.69) is 10.2 Å². The maximum absolute atomic E-state index is 10.6. The van der Waals surface area contributed by atoms with E-state index in [4.69, 9.17) is 24.6 Å². The number of nitrogens with one attached hydrogen (secondary N) is 1. The number of hydrogen-bond acceptors (Lipinski definition) is 9. The SMILES string of the molecule is COc1ccc(NC2=Nc3ccccc3N3C2=Nc2c(c(C)nn2-c2ccccc2)[C@H]3c2ccc(O)c(O)c2)c(OC)c1. The largest absolute Gasteiger partial charge is 0.504 e. The van der Waals surface area contributed by atoms with Crippen LogP contribution in [0, 0.1) is 6.92 Å². The lowest BCUT2D eigenvalue weighted by Gasteiger charge is -2.40. The highest BCUT2D eigenvalue weighted by Crippen LogP contribution is 2.49. The van der Waals surface area contributed by atoms with Gasteiger partial charge in [0.25, 0.3) is 0 Å². The number of para-hydroxylation sites is 3. The molecule has 214 valence electrons. The molecule has 0 fully saturated rings. The number of rotatable bonds is 5. The second-order valence-electron chi connectivity index (χ2n) is 10.2.